The lowest BCUT2D eigenvalue weighted by atomic mass is 9.70. The molecular formula is C64H42. The molecule has 0 saturated carbocycles. The molecule has 11 aromatic carbocycles. The average molecular weight is 811 g/mol. The summed E-state index contributed by atoms with van der Waals surface area (Å²) in [4.78, 5) is 0. The molecule has 0 heterocycles. The van der Waals surface area contributed by atoms with Crippen LogP contribution in [0.2, 0.25) is 0 Å². The third-order valence-corrected chi connectivity index (χ3v) is 15.3. The molecule has 3 aliphatic carbocycles. The van der Waals surface area contributed by atoms with Crippen molar-refractivity contribution in [2.75, 3.05) is 0 Å². The number of rotatable bonds is 3. The molecule has 0 aliphatic heterocycles. The summed E-state index contributed by atoms with van der Waals surface area (Å²) >= 11 is 0. The molecule has 11 aromatic rings. The second-order valence-electron chi connectivity index (χ2n) is 18.6. The second-order valence-corrected chi connectivity index (χ2v) is 18.6. The highest BCUT2D eigenvalue weighted by Crippen LogP contribution is 2.63. The molecule has 0 aromatic heterocycles. The van der Waals surface area contributed by atoms with E-state index in [9.17, 15) is 0 Å². The highest BCUT2D eigenvalue weighted by atomic mass is 14.5. The maximum Gasteiger partial charge on any atom is 0.0725 e. The summed E-state index contributed by atoms with van der Waals surface area (Å²) in [5, 5.41) is 7.70. The van der Waals surface area contributed by atoms with E-state index in [4.69, 9.17) is 0 Å². The lowest BCUT2D eigenvalue weighted by Crippen LogP contribution is -2.25. The van der Waals surface area contributed by atoms with Crippen molar-refractivity contribution in [2.24, 2.45) is 0 Å². The minimum absolute atomic E-state index is 0.128. The Balaban J connectivity index is 0.950. The van der Waals surface area contributed by atoms with Crippen molar-refractivity contribution in [1.82, 2.24) is 0 Å². The Labute approximate surface area is 373 Å². The van der Waals surface area contributed by atoms with E-state index in [0.29, 0.717) is 0 Å². The summed E-state index contributed by atoms with van der Waals surface area (Å²) in [6.07, 6.45) is 0. The van der Waals surface area contributed by atoms with E-state index in [2.05, 4.69) is 232 Å². The van der Waals surface area contributed by atoms with Gasteiger partial charge in [0.2, 0.25) is 0 Å². The smallest absolute Gasteiger partial charge is 0.0619 e. The van der Waals surface area contributed by atoms with E-state index in [1.807, 2.05) is 0 Å². The van der Waals surface area contributed by atoms with Crippen LogP contribution in [0.5, 0.6) is 0 Å². The molecule has 0 nitrogen and oxygen atoms in total. The van der Waals surface area contributed by atoms with Gasteiger partial charge >= 0.3 is 0 Å². The predicted molar refractivity (Wildman–Crippen MR) is 269 cm³/mol. The Morgan fingerprint density at radius 2 is 0.703 bits per heavy atom. The Kier molecular flexibility index (Phi) is 7.20. The first-order valence-electron chi connectivity index (χ1n) is 22.7. The van der Waals surface area contributed by atoms with E-state index >= 15 is 0 Å². The fourth-order valence-corrected chi connectivity index (χ4v) is 12.7. The van der Waals surface area contributed by atoms with Crippen molar-refractivity contribution in [3.05, 3.63) is 252 Å². The minimum Gasteiger partial charge on any atom is -0.0619 e. The molecule has 1 spiro atoms. The van der Waals surface area contributed by atoms with Gasteiger partial charge in [-0.1, -0.05) is 226 Å². The third-order valence-electron chi connectivity index (χ3n) is 15.3. The van der Waals surface area contributed by atoms with E-state index in [1.54, 1.807) is 0 Å². The fourth-order valence-electron chi connectivity index (χ4n) is 12.7. The minimum atomic E-state index is -0.396. The van der Waals surface area contributed by atoms with Gasteiger partial charge in [-0.15, -0.1) is 0 Å². The number of benzene rings is 11. The van der Waals surface area contributed by atoms with Crippen molar-refractivity contribution >= 4 is 32.3 Å². The van der Waals surface area contributed by atoms with Crippen LogP contribution in [0.15, 0.2) is 218 Å². The maximum atomic E-state index is 2.54. The van der Waals surface area contributed by atoms with Crippen LogP contribution < -0.4 is 0 Å². The summed E-state index contributed by atoms with van der Waals surface area (Å²) in [7, 11) is 0. The molecule has 298 valence electrons. The van der Waals surface area contributed by atoms with Gasteiger partial charge in [-0.25, -0.2) is 0 Å². The zero-order chi connectivity index (χ0) is 42.3. The summed E-state index contributed by atoms with van der Waals surface area (Å²) in [5.74, 6) is 0. The van der Waals surface area contributed by atoms with Crippen LogP contribution in [-0.4, -0.2) is 0 Å². The van der Waals surface area contributed by atoms with E-state index in [1.165, 1.54) is 132 Å². The van der Waals surface area contributed by atoms with Crippen LogP contribution in [0, 0.1) is 0 Å². The highest BCUT2D eigenvalue weighted by Gasteiger charge is 2.51. The van der Waals surface area contributed by atoms with Crippen LogP contribution in [0.1, 0.15) is 47.2 Å². The van der Waals surface area contributed by atoms with Gasteiger partial charge < -0.3 is 0 Å². The molecule has 0 unspecified atom stereocenters. The SMILES string of the molecule is CC1(C)c2ccc3ccccc3c2-c2cccc(-c3ccc(-c4c5ccccc5c(-c5ccc6c(c5)C5(c7ccccc7-c7ccccc75)c5ccccc5-6)c5ccccc45)cc3)c21. The molecule has 0 amide bonds. The Hall–Kier alpha value is -7.80. The third kappa shape index (κ3) is 4.52. The topological polar surface area (TPSA) is 0 Å². The second kappa shape index (κ2) is 12.9. The first kappa shape index (κ1) is 35.8. The molecule has 0 radical (unpaired) electrons. The molecule has 0 N–H and O–H groups in total. The molecule has 14 rings (SSSR count). The number of hydrogen-bond donors (Lipinski definition) is 0. The fraction of sp³-hybridized carbons (Fsp3) is 0.0625. The van der Waals surface area contributed by atoms with Gasteiger partial charge in [-0.05, 0) is 139 Å². The van der Waals surface area contributed by atoms with Crippen LogP contribution in [-0.2, 0) is 10.8 Å². The maximum absolute atomic E-state index is 2.54. The van der Waals surface area contributed by atoms with Gasteiger partial charge in [0.1, 0.15) is 0 Å². The first-order valence-corrected chi connectivity index (χ1v) is 22.7. The van der Waals surface area contributed by atoms with Crippen molar-refractivity contribution in [1.29, 1.82) is 0 Å². The standard InChI is InChI=1S/C64H42/c1-63(2)57-37-35-39-16-3-4-17-43(39)61(57)53-26-15-25-44(62(53)63)40-30-32-41(33-31-40)59-49-21-5-7-23-51(49)60(52-24-8-6-22-50(52)59)42-34-36-48-47-20-11-14-29-56(47)64(58(48)38-42)54-27-12-9-18-45(54)46-19-10-13-28-55(46)64/h3-38H,1-2H3. The Bertz CT molecular complexity index is 3680. The van der Waals surface area contributed by atoms with E-state index < -0.39 is 5.41 Å². The van der Waals surface area contributed by atoms with E-state index in [0.717, 1.165) is 0 Å². The summed E-state index contributed by atoms with van der Waals surface area (Å²) in [5.41, 5.74) is 23.4. The largest absolute Gasteiger partial charge is 0.0725 e. The molecule has 0 saturated heterocycles. The Morgan fingerprint density at radius 3 is 1.30 bits per heavy atom. The monoisotopic (exact) mass is 810 g/mol. The molecule has 0 heteroatoms. The number of hydrogen-bond acceptors (Lipinski definition) is 0. The molecule has 0 atom stereocenters. The predicted octanol–water partition coefficient (Wildman–Crippen LogP) is 16.8. The number of fused-ring (bicyclic) bond motifs is 17. The van der Waals surface area contributed by atoms with E-state index in [-0.39, 0.29) is 5.41 Å². The van der Waals surface area contributed by atoms with Crippen molar-refractivity contribution in [2.45, 2.75) is 24.7 Å². The molecule has 0 fully saturated rings. The summed E-state index contributed by atoms with van der Waals surface area (Å²) in [6.45, 7) is 4.80. The van der Waals surface area contributed by atoms with Crippen molar-refractivity contribution in [3.8, 4) is 66.8 Å². The quantitative estimate of drug-likeness (QED) is 0.156. The first-order chi connectivity index (χ1) is 31.5. The van der Waals surface area contributed by atoms with Gasteiger partial charge in [-0.2, -0.15) is 0 Å². The lowest BCUT2D eigenvalue weighted by Gasteiger charge is -2.30. The van der Waals surface area contributed by atoms with Crippen LogP contribution in [0.3, 0.4) is 0 Å². The van der Waals surface area contributed by atoms with Crippen molar-refractivity contribution < 1.29 is 0 Å². The van der Waals surface area contributed by atoms with Gasteiger partial charge in [0.25, 0.3) is 0 Å². The Morgan fingerprint density at radius 1 is 0.266 bits per heavy atom. The lowest BCUT2D eigenvalue weighted by molar-refractivity contribution is 0.662. The molecule has 64 heavy (non-hydrogen) atoms. The van der Waals surface area contributed by atoms with Gasteiger partial charge in [-0.3, -0.25) is 0 Å². The van der Waals surface area contributed by atoms with Crippen molar-refractivity contribution in [3.63, 3.8) is 0 Å². The average Bonchev–Trinajstić information content (AvgIpc) is 3.91. The van der Waals surface area contributed by atoms with Crippen LogP contribution in [0.25, 0.3) is 99.1 Å². The normalized spacial score (nSPS) is 14.3. The zero-order valence-electron chi connectivity index (χ0n) is 35.8. The van der Waals surface area contributed by atoms with Gasteiger partial charge in [0.05, 0.1) is 5.41 Å². The van der Waals surface area contributed by atoms with Crippen LogP contribution >= 0.6 is 0 Å². The van der Waals surface area contributed by atoms with Gasteiger partial charge in [0, 0.05) is 5.41 Å². The molecule has 0 bridgehead atoms. The summed E-state index contributed by atoms with van der Waals surface area (Å²) in [6, 6.07) is 82.6. The van der Waals surface area contributed by atoms with Crippen LogP contribution in [0.4, 0.5) is 0 Å². The zero-order valence-corrected chi connectivity index (χ0v) is 35.8. The summed E-state index contributed by atoms with van der Waals surface area (Å²) < 4.78 is 0. The molecule has 3 aliphatic rings. The van der Waals surface area contributed by atoms with Gasteiger partial charge in [0.15, 0.2) is 0 Å². The highest BCUT2D eigenvalue weighted by molar-refractivity contribution is 6.21. The molecular weight excluding hydrogens is 769 g/mol.